The average molecular weight is 289 g/mol. The minimum Gasteiger partial charge on any atom is -0.342 e. The van der Waals surface area contributed by atoms with E-state index in [0.717, 1.165) is 39.0 Å². The quantitative estimate of drug-likeness (QED) is 0.847. The smallest absolute Gasteiger partial charge is 0.222 e. The average Bonchev–Trinajstić information content (AvgIpc) is 2.70. The maximum Gasteiger partial charge on any atom is 0.222 e. The van der Waals surface area contributed by atoms with Crippen molar-refractivity contribution in [3.63, 3.8) is 0 Å². The Morgan fingerprint density at radius 3 is 2.42 bits per heavy atom. The van der Waals surface area contributed by atoms with Crippen molar-refractivity contribution in [1.29, 1.82) is 0 Å². The van der Waals surface area contributed by atoms with Gasteiger partial charge in [0.05, 0.1) is 0 Å². The molecule has 0 aromatic heterocycles. The Kier molecular flexibility index (Phi) is 5.69. The van der Waals surface area contributed by atoms with E-state index in [-0.39, 0.29) is 17.8 Å². The summed E-state index contributed by atoms with van der Waals surface area (Å²) in [4.78, 5) is 14.4. The zero-order valence-corrected chi connectivity index (χ0v) is 13.4. The summed E-state index contributed by atoms with van der Waals surface area (Å²) in [6, 6.07) is 0. The van der Waals surface area contributed by atoms with Crippen molar-refractivity contribution in [2.24, 2.45) is 10.8 Å². The molecule has 112 valence electrons. The SMILES string of the molecule is CC(C)(C)CCC(=O)N1CCC2(CCNCC2)C1.Cl. The summed E-state index contributed by atoms with van der Waals surface area (Å²) in [6.07, 6.45) is 5.43. The van der Waals surface area contributed by atoms with Gasteiger partial charge in [0.15, 0.2) is 0 Å². The Hall–Kier alpha value is -0.280. The van der Waals surface area contributed by atoms with Crippen molar-refractivity contribution < 1.29 is 4.79 Å². The lowest BCUT2D eigenvalue weighted by Gasteiger charge is -2.33. The zero-order chi connectivity index (χ0) is 13.2. The van der Waals surface area contributed by atoms with Gasteiger partial charge in [-0.25, -0.2) is 0 Å². The Bertz CT molecular complexity index is 306. The van der Waals surface area contributed by atoms with E-state index >= 15 is 0 Å². The van der Waals surface area contributed by atoms with Crippen LogP contribution in [0.5, 0.6) is 0 Å². The molecule has 2 rings (SSSR count). The van der Waals surface area contributed by atoms with Crippen LogP contribution in [0, 0.1) is 10.8 Å². The first kappa shape index (κ1) is 16.8. The largest absolute Gasteiger partial charge is 0.342 e. The summed E-state index contributed by atoms with van der Waals surface area (Å²) in [5, 5.41) is 3.42. The molecule has 2 heterocycles. The molecule has 2 fully saturated rings. The second-order valence-corrected chi connectivity index (χ2v) is 7.38. The number of rotatable bonds is 2. The van der Waals surface area contributed by atoms with Gasteiger partial charge in [-0.2, -0.15) is 0 Å². The fourth-order valence-corrected chi connectivity index (χ4v) is 3.15. The standard InChI is InChI=1S/C15H28N2O.ClH/c1-14(2,3)5-4-13(18)17-11-8-15(12-17)6-9-16-10-7-15;/h16H,4-12H2,1-3H3;1H. The molecule has 0 saturated carbocycles. The van der Waals surface area contributed by atoms with E-state index in [4.69, 9.17) is 0 Å². The van der Waals surface area contributed by atoms with Gasteiger partial charge in [0.25, 0.3) is 0 Å². The second kappa shape index (κ2) is 6.45. The number of carbonyl (C=O) groups excluding carboxylic acids is 1. The summed E-state index contributed by atoms with van der Waals surface area (Å²) in [7, 11) is 0. The molecule has 0 atom stereocenters. The van der Waals surface area contributed by atoms with Crippen molar-refractivity contribution in [2.45, 2.75) is 52.9 Å². The summed E-state index contributed by atoms with van der Waals surface area (Å²) in [5.41, 5.74) is 0.713. The topological polar surface area (TPSA) is 32.3 Å². The number of hydrogen-bond acceptors (Lipinski definition) is 2. The van der Waals surface area contributed by atoms with E-state index in [1.165, 1.54) is 19.3 Å². The third-order valence-corrected chi connectivity index (χ3v) is 4.54. The van der Waals surface area contributed by atoms with E-state index in [1.54, 1.807) is 0 Å². The molecule has 1 N–H and O–H groups in total. The van der Waals surface area contributed by atoms with Crippen LogP contribution in [0.25, 0.3) is 0 Å². The molecule has 0 aliphatic carbocycles. The second-order valence-electron chi connectivity index (χ2n) is 7.38. The number of carbonyl (C=O) groups is 1. The molecular weight excluding hydrogens is 260 g/mol. The predicted octanol–water partition coefficient (Wildman–Crippen LogP) is 2.84. The molecule has 3 nitrogen and oxygen atoms in total. The maximum atomic E-state index is 12.2. The molecule has 2 aliphatic rings. The van der Waals surface area contributed by atoms with E-state index in [1.807, 2.05) is 0 Å². The van der Waals surface area contributed by atoms with E-state index in [9.17, 15) is 4.79 Å². The van der Waals surface area contributed by atoms with Crippen molar-refractivity contribution in [3.8, 4) is 0 Å². The molecule has 0 radical (unpaired) electrons. The minimum absolute atomic E-state index is 0. The van der Waals surface area contributed by atoms with Gasteiger partial charge in [-0.3, -0.25) is 4.79 Å². The monoisotopic (exact) mass is 288 g/mol. The lowest BCUT2D eigenvalue weighted by Crippen LogP contribution is -2.39. The van der Waals surface area contributed by atoms with Crippen molar-refractivity contribution >= 4 is 18.3 Å². The van der Waals surface area contributed by atoms with Crippen LogP contribution in [-0.4, -0.2) is 37.0 Å². The molecule has 0 unspecified atom stereocenters. The number of hydrogen-bond donors (Lipinski definition) is 1. The predicted molar refractivity (Wildman–Crippen MR) is 81.7 cm³/mol. The third-order valence-electron chi connectivity index (χ3n) is 4.54. The summed E-state index contributed by atoms with van der Waals surface area (Å²) in [6.45, 7) is 10.9. The summed E-state index contributed by atoms with van der Waals surface area (Å²) >= 11 is 0. The Morgan fingerprint density at radius 2 is 1.84 bits per heavy atom. The summed E-state index contributed by atoms with van der Waals surface area (Å²) < 4.78 is 0. The molecule has 1 amide bonds. The molecule has 0 bridgehead atoms. The third kappa shape index (κ3) is 4.64. The normalized spacial score (nSPS) is 22.4. The van der Waals surface area contributed by atoms with Gasteiger partial charge >= 0.3 is 0 Å². The van der Waals surface area contributed by atoms with Crippen LogP contribution < -0.4 is 5.32 Å². The Morgan fingerprint density at radius 1 is 1.21 bits per heavy atom. The van der Waals surface area contributed by atoms with Crippen LogP contribution in [0.2, 0.25) is 0 Å². The maximum absolute atomic E-state index is 12.2. The highest BCUT2D eigenvalue weighted by molar-refractivity contribution is 5.85. The van der Waals surface area contributed by atoms with Gasteiger partial charge in [-0.1, -0.05) is 20.8 Å². The molecular formula is C15H29ClN2O. The number of halogens is 1. The number of nitrogens with zero attached hydrogens (tertiary/aromatic N) is 1. The van der Waals surface area contributed by atoms with Gasteiger partial charge in [0.2, 0.25) is 5.91 Å². The molecule has 2 saturated heterocycles. The number of nitrogens with one attached hydrogen (secondary N) is 1. The van der Waals surface area contributed by atoms with Crippen LogP contribution in [0.3, 0.4) is 0 Å². The number of piperidine rings is 1. The van der Waals surface area contributed by atoms with Gasteiger partial charge in [0, 0.05) is 19.5 Å². The highest BCUT2D eigenvalue weighted by Crippen LogP contribution is 2.39. The molecule has 19 heavy (non-hydrogen) atoms. The summed E-state index contributed by atoms with van der Waals surface area (Å²) in [5.74, 6) is 0.375. The van der Waals surface area contributed by atoms with Crippen LogP contribution in [0.1, 0.15) is 52.9 Å². The molecule has 0 aromatic rings. The van der Waals surface area contributed by atoms with Gasteiger partial charge in [-0.05, 0) is 49.6 Å². The highest BCUT2D eigenvalue weighted by atomic mass is 35.5. The first-order chi connectivity index (χ1) is 8.40. The van der Waals surface area contributed by atoms with Crippen LogP contribution in [0.4, 0.5) is 0 Å². The Balaban J connectivity index is 0.00000180. The molecule has 2 aliphatic heterocycles. The minimum atomic E-state index is 0. The fraction of sp³-hybridized carbons (Fsp3) is 0.933. The number of amides is 1. The highest BCUT2D eigenvalue weighted by Gasteiger charge is 2.40. The van der Waals surface area contributed by atoms with Gasteiger partial charge in [-0.15, -0.1) is 12.4 Å². The van der Waals surface area contributed by atoms with Crippen LogP contribution in [0.15, 0.2) is 0 Å². The van der Waals surface area contributed by atoms with Crippen molar-refractivity contribution in [3.05, 3.63) is 0 Å². The van der Waals surface area contributed by atoms with E-state index in [2.05, 4.69) is 31.0 Å². The Labute approximate surface area is 123 Å². The lowest BCUT2D eigenvalue weighted by molar-refractivity contribution is -0.131. The van der Waals surface area contributed by atoms with Crippen molar-refractivity contribution in [2.75, 3.05) is 26.2 Å². The van der Waals surface area contributed by atoms with Crippen molar-refractivity contribution in [1.82, 2.24) is 10.2 Å². The van der Waals surface area contributed by atoms with Crippen LogP contribution >= 0.6 is 12.4 Å². The first-order valence-electron chi connectivity index (χ1n) is 7.39. The number of likely N-dealkylation sites (tertiary alicyclic amines) is 1. The molecule has 0 aromatic carbocycles. The van der Waals surface area contributed by atoms with Gasteiger partial charge in [0.1, 0.15) is 0 Å². The fourth-order valence-electron chi connectivity index (χ4n) is 3.15. The first-order valence-corrected chi connectivity index (χ1v) is 7.39. The van der Waals surface area contributed by atoms with E-state index < -0.39 is 0 Å². The van der Waals surface area contributed by atoms with Crippen LogP contribution in [-0.2, 0) is 4.79 Å². The van der Waals surface area contributed by atoms with E-state index in [0.29, 0.717) is 11.3 Å². The molecule has 1 spiro atoms. The lowest BCUT2D eigenvalue weighted by atomic mass is 9.78. The zero-order valence-electron chi connectivity index (χ0n) is 12.6. The molecule has 4 heteroatoms. The van der Waals surface area contributed by atoms with Gasteiger partial charge < -0.3 is 10.2 Å².